The molecule has 0 saturated heterocycles. The monoisotopic (exact) mass is 541 g/mol. The molecule has 1 aliphatic rings. The van der Waals surface area contributed by atoms with Crippen LogP contribution < -0.4 is 0 Å². The first-order chi connectivity index (χ1) is 20.3. The van der Waals surface area contributed by atoms with Crippen LogP contribution in [0.2, 0.25) is 0 Å². The minimum atomic E-state index is 0.443. The molecule has 0 radical (unpaired) electrons. The molecule has 0 fully saturated rings. The van der Waals surface area contributed by atoms with Crippen molar-refractivity contribution >= 4 is 53.3 Å². The van der Waals surface area contributed by atoms with Gasteiger partial charge >= 0.3 is 0 Å². The van der Waals surface area contributed by atoms with E-state index >= 15 is 0 Å². The summed E-state index contributed by atoms with van der Waals surface area (Å²) >= 11 is 1.91. The van der Waals surface area contributed by atoms with Crippen LogP contribution in [0.15, 0.2) is 133 Å². The number of nitrogens with zero attached hydrogens (tertiary/aromatic N) is 1. The molecule has 0 amide bonds. The van der Waals surface area contributed by atoms with Gasteiger partial charge in [-0.25, -0.2) is 0 Å². The van der Waals surface area contributed by atoms with Gasteiger partial charge in [0.2, 0.25) is 0 Å². The highest BCUT2D eigenvalue weighted by atomic mass is 32.1. The normalized spacial score (nSPS) is 14.6. The van der Waals surface area contributed by atoms with Crippen LogP contribution >= 0.6 is 11.3 Å². The number of hydrogen-bond acceptors (Lipinski definition) is 1. The van der Waals surface area contributed by atoms with Crippen molar-refractivity contribution in [2.75, 3.05) is 0 Å². The van der Waals surface area contributed by atoms with E-state index in [1.807, 2.05) is 11.3 Å². The Balaban J connectivity index is 1.18. The van der Waals surface area contributed by atoms with Crippen LogP contribution in [0.1, 0.15) is 22.6 Å². The Morgan fingerprint density at radius 3 is 2.07 bits per heavy atom. The van der Waals surface area contributed by atoms with Crippen molar-refractivity contribution in [3.8, 4) is 16.8 Å². The van der Waals surface area contributed by atoms with Gasteiger partial charge in [0.15, 0.2) is 0 Å². The van der Waals surface area contributed by atoms with E-state index in [9.17, 15) is 0 Å². The lowest BCUT2D eigenvalue weighted by Crippen LogP contribution is -2.14. The average molecular weight is 542 g/mol. The van der Waals surface area contributed by atoms with Gasteiger partial charge in [-0.05, 0) is 83.0 Å². The molecule has 1 nitrogen and oxygen atoms in total. The third kappa shape index (κ3) is 3.54. The fraction of sp³-hybridized carbons (Fsp3) is 0.0769. The molecule has 2 aromatic heterocycles. The molecule has 0 N–H and O–H groups in total. The van der Waals surface area contributed by atoms with Crippen LogP contribution in [-0.4, -0.2) is 4.57 Å². The highest BCUT2D eigenvalue weighted by Crippen LogP contribution is 2.44. The van der Waals surface area contributed by atoms with Gasteiger partial charge in [0, 0.05) is 36.6 Å². The van der Waals surface area contributed by atoms with Crippen LogP contribution in [0.25, 0.3) is 58.8 Å². The highest BCUT2D eigenvalue weighted by Gasteiger charge is 2.26. The maximum atomic E-state index is 2.44. The van der Waals surface area contributed by atoms with Crippen LogP contribution in [0.4, 0.5) is 0 Å². The minimum Gasteiger partial charge on any atom is -0.309 e. The second kappa shape index (κ2) is 8.92. The molecule has 2 heterocycles. The van der Waals surface area contributed by atoms with Crippen molar-refractivity contribution in [2.45, 2.75) is 18.8 Å². The average Bonchev–Trinajstić information content (AvgIpc) is 3.56. The van der Waals surface area contributed by atoms with Crippen molar-refractivity contribution in [2.24, 2.45) is 0 Å². The first kappa shape index (κ1) is 23.1. The fourth-order valence-electron chi connectivity index (χ4n) is 7.17. The lowest BCUT2D eigenvalue weighted by molar-refractivity contribution is 0.673. The molecular weight excluding hydrogens is 515 g/mol. The number of benzene rings is 6. The van der Waals surface area contributed by atoms with Crippen LogP contribution in [0, 0.1) is 0 Å². The third-order valence-electron chi connectivity index (χ3n) is 9.01. The first-order valence-electron chi connectivity index (χ1n) is 14.4. The molecule has 194 valence electrons. The summed E-state index contributed by atoms with van der Waals surface area (Å²) in [6.07, 6.45) is 2.11. The minimum absolute atomic E-state index is 0.443. The second-order valence-corrected chi connectivity index (χ2v) is 12.4. The summed E-state index contributed by atoms with van der Waals surface area (Å²) in [4.78, 5) is 0. The van der Waals surface area contributed by atoms with Crippen molar-refractivity contribution in [1.29, 1.82) is 0 Å². The molecule has 9 rings (SSSR count). The summed E-state index contributed by atoms with van der Waals surface area (Å²) in [5.41, 5.74) is 10.8. The molecule has 0 saturated carbocycles. The zero-order valence-electron chi connectivity index (χ0n) is 22.5. The van der Waals surface area contributed by atoms with E-state index in [1.54, 1.807) is 0 Å². The number of fused-ring (bicyclic) bond motifs is 9. The topological polar surface area (TPSA) is 4.93 Å². The number of thiophene rings is 1. The molecular formula is C39H27NS. The molecule has 0 aliphatic heterocycles. The summed E-state index contributed by atoms with van der Waals surface area (Å²) in [5, 5.41) is 5.35. The van der Waals surface area contributed by atoms with E-state index in [-0.39, 0.29) is 0 Å². The Morgan fingerprint density at radius 2 is 1.24 bits per heavy atom. The molecule has 2 heteroatoms. The zero-order chi connectivity index (χ0) is 26.9. The molecule has 8 aromatic rings. The highest BCUT2D eigenvalue weighted by molar-refractivity contribution is 7.25. The fourth-order valence-corrected chi connectivity index (χ4v) is 8.34. The SMILES string of the molecule is c1ccc2c(c1)CC(Cc1ccc3c(c1)sc1ccccc13)c1ccc(-n3c4ccccc4c4ccccc43)cc1-2. The standard InChI is InChI=1S/C39H27NS/c1-2-10-29-26(9-1)23-27(21-25-17-19-34-33-13-5-8-16-38(33)41-39(34)22-25)30-20-18-28(24-35(29)30)40-36-14-6-3-11-31(36)32-12-4-7-15-37(32)40/h1-20,22,24,27H,21,23H2. The molecule has 0 spiro atoms. The molecule has 6 aromatic carbocycles. The third-order valence-corrected chi connectivity index (χ3v) is 10.1. The van der Waals surface area contributed by atoms with Gasteiger partial charge in [-0.3, -0.25) is 0 Å². The molecule has 1 unspecified atom stereocenters. The van der Waals surface area contributed by atoms with Gasteiger partial charge in [0.1, 0.15) is 0 Å². The van der Waals surface area contributed by atoms with E-state index in [2.05, 4.69) is 138 Å². The predicted octanol–water partition coefficient (Wildman–Crippen LogP) is 10.7. The summed E-state index contributed by atoms with van der Waals surface area (Å²) in [7, 11) is 0. The predicted molar refractivity (Wildman–Crippen MR) is 176 cm³/mol. The lowest BCUT2D eigenvalue weighted by Gasteiger charge is -2.29. The molecule has 41 heavy (non-hydrogen) atoms. The van der Waals surface area contributed by atoms with E-state index in [1.165, 1.54) is 75.5 Å². The summed E-state index contributed by atoms with van der Waals surface area (Å²) in [6, 6.07) is 49.7. The Kier molecular flexibility index (Phi) is 5.02. The summed E-state index contributed by atoms with van der Waals surface area (Å²) < 4.78 is 5.20. The van der Waals surface area contributed by atoms with Gasteiger partial charge in [0.05, 0.1) is 11.0 Å². The number of aromatic nitrogens is 1. The van der Waals surface area contributed by atoms with Crippen molar-refractivity contribution in [1.82, 2.24) is 4.57 Å². The maximum absolute atomic E-state index is 2.44. The van der Waals surface area contributed by atoms with Crippen LogP contribution in [0.3, 0.4) is 0 Å². The second-order valence-electron chi connectivity index (χ2n) is 11.3. The van der Waals surface area contributed by atoms with E-state index in [0.29, 0.717) is 5.92 Å². The Labute approximate surface area is 242 Å². The summed E-state index contributed by atoms with van der Waals surface area (Å²) in [5.74, 6) is 0.443. The van der Waals surface area contributed by atoms with Crippen molar-refractivity contribution < 1.29 is 0 Å². The number of rotatable bonds is 3. The largest absolute Gasteiger partial charge is 0.309 e. The smallest absolute Gasteiger partial charge is 0.0541 e. The van der Waals surface area contributed by atoms with Crippen molar-refractivity contribution in [3.63, 3.8) is 0 Å². The van der Waals surface area contributed by atoms with E-state index < -0.39 is 0 Å². The maximum Gasteiger partial charge on any atom is 0.0541 e. The van der Waals surface area contributed by atoms with Gasteiger partial charge in [-0.15, -0.1) is 11.3 Å². The van der Waals surface area contributed by atoms with Gasteiger partial charge in [0.25, 0.3) is 0 Å². The van der Waals surface area contributed by atoms with Crippen LogP contribution in [-0.2, 0) is 12.8 Å². The lowest BCUT2D eigenvalue weighted by atomic mass is 9.76. The quantitative estimate of drug-likeness (QED) is 0.210. The Hall–Kier alpha value is -4.66. The van der Waals surface area contributed by atoms with Gasteiger partial charge < -0.3 is 4.57 Å². The molecule has 0 bridgehead atoms. The number of para-hydroxylation sites is 2. The molecule has 1 aliphatic carbocycles. The zero-order valence-corrected chi connectivity index (χ0v) is 23.4. The van der Waals surface area contributed by atoms with Crippen LogP contribution in [0.5, 0.6) is 0 Å². The van der Waals surface area contributed by atoms with Gasteiger partial charge in [-0.2, -0.15) is 0 Å². The summed E-state index contributed by atoms with van der Waals surface area (Å²) in [6.45, 7) is 0. The first-order valence-corrected chi connectivity index (χ1v) is 15.2. The van der Waals surface area contributed by atoms with Gasteiger partial charge in [-0.1, -0.05) is 97.1 Å². The van der Waals surface area contributed by atoms with E-state index in [4.69, 9.17) is 0 Å². The number of hydrogen-bond donors (Lipinski definition) is 0. The molecule has 1 atom stereocenters. The van der Waals surface area contributed by atoms with Crippen molar-refractivity contribution in [3.05, 3.63) is 150 Å². The Bertz CT molecular complexity index is 2230. The van der Waals surface area contributed by atoms with E-state index in [0.717, 1.165) is 12.8 Å². The Morgan fingerprint density at radius 1 is 0.561 bits per heavy atom.